The Kier molecular flexibility index (Phi) is 4.39. The molecular formula is C5H12ClFN2O2S. The molecule has 74 valence electrons. The van der Waals surface area contributed by atoms with Gasteiger partial charge < -0.3 is 5.73 Å². The van der Waals surface area contributed by atoms with Crippen LogP contribution in [0.25, 0.3) is 0 Å². The molecule has 12 heavy (non-hydrogen) atoms. The maximum absolute atomic E-state index is 12.3. The van der Waals surface area contributed by atoms with E-state index in [1.165, 1.54) is 0 Å². The lowest BCUT2D eigenvalue weighted by Gasteiger charge is -2.25. The van der Waals surface area contributed by atoms with E-state index in [2.05, 4.69) is 0 Å². The zero-order chi connectivity index (χ0) is 8.48. The Morgan fingerprint density at radius 1 is 1.33 bits per heavy atom. The van der Waals surface area contributed by atoms with Gasteiger partial charge in [-0.15, -0.1) is 12.4 Å². The Morgan fingerprint density at radius 2 is 1.75 bits per heavy atom. The van der Waals surface area contributed by atoms with Crippen LogP contribution in [0.1, 0.15) is 12.8 Å². The van der Waals surface area contributed by atoms with Crippen molar-refractivity contribution in [1.29, 1.82) is 0 Å². The van der Waals surface area contributed by atoms with Gasteiger partial charge in [0.15, 0.2) is 0 Å². The van der Waals surface area contributed by atoms with Crippen molar-refractivity contribution in [2.45, 2.75) is 18.9 Å². The summed E-state index contributed by atoms with van der Waals surface area (Å²) in [6, 6.07) is 0.0213. The van der Waals surface area contributed by atoms with Gasteiger partial charge in [-0.3, -0.25) is 0 Å². The van der Waals surface area contributed by atoms with Crippen LogP contribution in [0.2, 0.25) is 0 Å². The molecule has 0 unspecified atom stereocenters. The van der Waals surface area contributed by atoms with Crippen LogP contribution in [0, 0.1) is 0 Å². The average molecular weight is 219 g/mol. The summed E-state index contributed by atoms with van der Waals surface area (Å²) in [5.74, 6) is 0. The predicted octanol–water partition coefficient (Wildman–Crippen LogP) is 0.0456. The molecule has 0 aromatic heterocycles. The second-order valence-electron chi connectivity index (χ2n) is 2.68. The third-order valence-corrected chi connectivity index (χ3v) is 2.79. The van der Waals surface area contributed by atoms with E-state index in [1.54, 1.807) is 0 Å². The molecule has 7 heteroatoms. The van der Waals surface area contributed by atoms with Crippen LogP contribution in [0.5, 0.6) is 0 Å². The van der Waals surface area contributed by atoms with Gasteiger partial charge in [0.05, 0.1) is 0 Å². The molecule has 1 fully saturated rings. The average Bonchev–Trinajstić information content (AvgIpc) is 1.86. The fourth-order valence-electron chi connectivity index (χ4n) is 1.09. The van der Waals surface area contributed by atoms with E-state index < -0.39 is 10.4 Å². The summed E-state index contributed by atoms with van der Waals surface area (Å²) in [5.41, 5.74) is 5.50. The van der Waals surface area contributed by atoms with Crippen molar-refractivity contribution >= 4 is 22.8 Å². The molecule has 2 N–H and O–H groups in total. The van der Waals surface area contributed by atoms with Crippen LogP contribution in [0.3, 0.4) is 0 Å². The Morgan fingerprint density at radius 3 is 2.08 bits per heavy atom. The zero-order valence-corrected chi connectivity index (χ0v) is 8.07. The first-order valence-electron chi connectivity index (χ1n) is 3.45. The number of nitrogens with zero attached hydrogens (tertiary/aromatic N) is 1. The highest BCUT2D eigenvalue weighted by atomic mass is 35.5. The number of hydrogen-bond acceptors (Lipinski definition) is 3. The fourth-order valence-corrected chi connectivity index (χ4v) is 1.74. The third-order valence-electron chi connectivity index (χ3n) is 1.81. The van der Waals surface area contributed by atoms with Crippen LogP contribution in [-0.2, 0) is 10.4 Å². The summed E-state index contributed by atoms with van der Waals surface area (Å²) >= 11 is 0. The van der Waals surface area contributed by atoms with Crippen LogP contribution in [0.4, 0.5) is 3.89 Å². The quantitative estimate of drug-likeness (QED) is 0.633. The lowest BCUT2D eigenvalue weighted by atomic mass is 10.1. The fraction of sp³-hybridized carbons (Fsp3) is 1.00. The van der Waals surface area contributed by atoms with Gasteiger partial charge in [-0.2, -0.15) is 12.7 Å². The minimum absolute atomic E-state index is 0. The molecule has 0 atom stereocenters. The van der Waals surface area contributed by atoms with Crippen molar-refractivity contribution in [3.8, 4) is 0 Å². The van der Waals surface area contributed by atoms with E-state index in [4.69, 9.17) is 5.73 Å². The maximum atomic E-state index is 12.3. The summed E-state index contributed by atoms with van der Waals surface area (Å²) in [4.78, 5) is 0. The molecule has 0 aromatic rings. The molecule has 0 aliphatic carbocycles. The van der Waals surface area contributed by atoms with Gasteiger partial charge in [0.25, 0.3) is 0 Å². The van der Waals surface area contributed by atoms with Crippen molar-refractivity contribution in [3.05, 3.63) is 0 Å². The number of nitrogens with two attached hydrogens (primary N) is 1. The Hall–Kier alpha value is 0.0900. The topological polar surface area (TPSA) is 63.4 Å². The normalized spacial score (nSPS) is 21.8. The van der Waals surface area contributed by atoms with E-state index in [-0.39, 0.29) is 31.5 Å². The standard InChI is InChI=1S/C5H11FN2O2S.ClH/c6-11(9,10)8-3-1-5(7)2-4-8;/h5H,1-4,7H2;1H. The molecule has 4 nitrogen and oxygen atoms in total. The first-order chi connectivity index (χ1) is 5.00. The smallest absolute Gasteiger partial charge is 0.328 e. The lowest BCUT2D eigenvalue weighted by Crippen LogP contribution is -2.41. The number of rotatable bonds is 1. The van der Waals surface area contributed by atoms with E-state index in [1.807, 2.05) is 0 Å². The van der Waals surface area contributed by atoms with Gasteiger partial charge in [-0.05, 0) is 12.8 Å². The third kappa shape index (κ3) is 3.22. The first kappa shape index (κ1) is 12.1. The van der Waals surface area contributed by atoms with Gasteiger partial charge in [0.2, 0.25) is 0 Å². The highest BCUT2D eigenvalue weighted by Crippen LogP contribution is 2.12. The van der Waals surface area contributed by atoms with E-state index >= 15 is 0 Å². The van der Waals surface area contributed by atoms with Crippen molar-refractivity contribution in [2.24, 2.45) is 5.73 Å². The SMILES string of the molecule is Cl.NC1CCN(S(=O)(=O)F)CC1. The number of hydrogen-bond donors (Lipinski definition) is 1. The minimum atomic E-state index is -4.47. The zero-order valence-electron chi connectivity index (χ0n) is 6.44. The van der Waals surface area contributed by atoms with Gasteiger partial charge in [0, 0.05) is 19.1 Å². The Bertz CT molecular complexity index is 226. The van der Waals surface area contributed by atoms with Gasteiger partial charge in [0.1, 0.15) is 0 Å². The molecule has 1 aliphatic rings. The predicted molar refractivity (Wildman–Crippen MR) is 46.1 cm³/mol. The van der Waals surface area contributed by atoms with E-state index in [9.17, 15) is 12.3 Å². The second-order valence-corrected chi connectivity index (χ2v) is 4.02. The van der Waals surface area contributed by atoms with Crippen molar-refractivity contribution in [1.82, 2.24) is 4.31 Å². The number of piperidine rings is 1. The van der Waals surface area contributed by atoms with Gasteiger partial charge >= 0.3 is 10.4 Å². The first-order valence-corrected chi connectivity index (χ1v) is 4.79. The second kappa shape index (κ2) is 4.36. The molecular weight excluding hydrogens is 207 g/mol. The highest BCUT2D eigenvalue weighted by Gasteiger charge is 2.25. The molecule has 0 aromatic carbocycles. The lowest BCUT2D eigenvalue weighted by molar-refractivity contribution is 0.306. The maximum Gasteiger partial charge on any atom is 0.374 e. The molecule has 1 heterocycles. The summed E-state index contributed by atoms with van der Waals surface area (Å²) < 4.78 is 33.7. The molecule has 1 rings (SSSR count). The molecule has 0 spiro atoms. The minimum Gasteiger partial charge on any atom is -0.328 e. The molecule has 1 saturated heterocycles. The van der Waals surface area contributed by atoms with E-state index in [0.29, 0.717) is 12.8 Å². The molecule has 0 bridgehead atoms. The monoisotopic (exact) mass is 218 g/mol. The summed E-state index contributed by atoms with van der Waals surface area (Å²) in [6.07, 6.45) is 1.09. The molecule has 1 aliphatic heterocycles. The van der Waals surface area contributed by atoms with Crippen molar-refractivity contribution in [2.75, 3.05) is 13.1 Å². The Labute approximate surface area is 77.7 Å². The van der Waals surface area contributed by atoms with Crippen LogP contribution in [0.15, 0.2) is 0 Å². The number of halogens is 2. The van der Waals surface area contributed by atoms with Crippen molar-refractivity contribution in [3.63, 3.8) is 0 Å². The molecule has 0 amide bonds. The Balaban J connectivity index is 0.00000121. The van der Waals surface area contributed by atoms with Gasteiger partial charge in [-0.1, -0.05) is 3.89 Å². The molecule has 0 radical (unpaired) electrons. The van der Waals surface area contributed by atoms with Gasteiger partial charge in [-0.25, -0.2) is 0 Å². The summed E-state index contributed by atoms with van der Waals surface area (Å²) in [5, 5.41) is 0. The largest absolute Gasteiger partial charge is 0.374 e. The summed E-state index contributed by atoms with van der Waals surface area (Å²) in [6.45, 7) is 0.417. The highest BCUT2D eigenvalue weighted by molar-refractivity contribution is 7.83. The van der Waals surface area contributed by atoms with E-state index in [0.717, 1.165) is 4.31 Å². The summed E-state index contributed by atoms with van der Waals surface area (Å²) in [7, 11) is -4.47. The van der Waals surface area contributed by atoms with Crippen molar-refractivity contribution < 1.29 is 12.3 Å². The van der Waals surface area contributed by atoms with Crippen LogP contribution in [-0.4, -0.2) is 31.9 Å². The van der Waals surface area contributed by atoms with Crippen LogP contribution < -0.4 is 5.73 Å². The van der Waals surface area contributed by atoms with Crippen LogP contribution >= 0.6 is 12.4 Å². The molecule has 0 saturated carbocycles.